The minimum atomic E-state index is -0.181. The van der Waals surface area contributed by atoms with Crippen LogP contribution in [0.25, 0.3) is 0 Å². The Morgan fingerprint density at radius 2 is 2.07 bits per heavy atom. The summed E-state index contributed by atoms with van der Waals surface area (Å²) in [4.78, 5) is 25.9. The number of nitrogens with zero attached hydrogens (tertiary/aromatic N) is 4. The summed E-state index contributed by atoms with van der Waals surface area (Å²) in [6.07, 6.45) is 0.705. The number of hydrogen-bond acceptors (Lipinski definition) is 6. The maximum absolute atomic E-state index is 12.9. The van der Waals surface area contributed by atoms with Crippen LogP contribution in [0.3, 0.4) is 0 Å². The number of carbonyl (C=O) groups excluding carboxylic acids is 1. The maximum atomic E-state index is 12.9. The summed E-state index contributed by atoms with van der Waals surface area (Å²) in [5, 5.41) is 2.94. The van der Waals surface area contributed by atoms with E-state index in [0.29, 0.717) is 36.7 Å². The first-order valence-corrected chi connectivity index (χ1v) is 9.32. The average molecular weight is 385 g/mol. The summed E-state index contributed by atoms with van der Waals surface area (Å²) >= 11 is 0. The molecule has 0 atom stereocenters. The monoisotopic (exact) mass is 385 g/mol. The summed E-state index contributed by atoms with van der Waals surface area (Å²) in [6.45, 7) is 5.89. The summed E-state index contributed by atoms with van der Waals surface area (Å²) in [7, 11) is 5.16. The number of ether oxygens (including phenoxy) is 2. The van der Waals surface area contributed by atoms with Gasteiger partial charge in [0.25, 0.3) is 0 Å². The van der Waals surface area contributed by atoms with E-state index in [2.05, 4.69) is 27.1 Å². The highest BCUT2D eigenvalue weighted by Gasteiger charge is 2.26. The Kier molecular flexibility index (Phi) is 5.87. The first kappa shape index (κ1) is 19.7. The molecule has 1 aliphatic heterocycles. The van der Waals surface area contributed by atoms with Crippen LogP contribution in [0.4, 0.5) is 16.3 Å². The van der Waals surface area contributed by atoms with E-state index < -0.39 is 0 Å². The second kappa shape index (κ2) is 8.33. The van der Waals surface area contributed by atoms with Crippen LogP contribution in [-0.2, 0) is 13.0 Å². The zero-order valence-electron chi connectivity index (χ0n) is 17.1. The maximum Gasteiger partial charge on any atom is 0.322 e. The highest BCUT2D eigenvalue weighted by atomic mass is 16.5. The Morgan fingerprint density at radius 1 is 1.29 bits per heavy atom. The number of aryl methyl sites for hydroxylation is 1. The molecule has 0 bridgehead atoms. The van der Waals surface area contributed by atoms with E-state index in [1.54, 1.807) is 37.3 Å². The molecule has 0 spiro atoms. The van der Waals surface area contributed by atoms with Gasteiger partial charge in [0.1, 0.15) is 23.1 Å². The Hall–Kier alpha value is -3.03. The SMILES string of the molecule is CCN(C)c1nc(C)nc2c1CN(C(=O)Nc1ccc(OC)cc1OC)CC2. The topological polar surface area (TPSA) is 79.8 Å². The van der Waals surface area contributed by atoms with E-state index in [-0.39, 0.29) is 6.03 Å². The Balaban J connectivity index is 1.81. The molecule has 150 valence electrons. The molecule has 1 aromatic heterocycles. The first-order chi connectivity index (χ1) is 13.5. The van der Waals surface area contributed by atoms with Gasteiger partial charge in [-0.05, 0) is 26.0 Å². The number of amides is 2. The second-order valence-corrected chi connectivity index (χ2v) is 6.70. The van der Waals surface area contributed by atoms with Gasteiger partial charge in [-0.3, -0.25) is 0 Å². The van der Waals surface area contributed by atoms with Gasteiger partial charge in [-0.25, -0.2) is 14.8 Å². The molecule has 0 unspecified atom stereocenters. The van der Waals surface area contributed by atoms with Crippen molar-refractivity contribution in [1.29, 1.82) is 0 Å². The van der Waals surface area contributed by atoms with Crippen molar-refractivity contribution in [2.75, 3.05) is 44.6 Å². The van der Waals surface area contributed by atoms with E-state index in [1.807, 2.05) is 14.0 Å². The fourth-order valence-electron chi connectivity index (χ4n) is 3.25. The number of aromatic nitrogens is 2. The van der Waals surface area contributed by atoms with Crippen LogP contribution in [0.2, 0.25) is 0 Å². The number of fused-ring (bicyclic) bond motifs is 1. The van der Waals surface area contributed by atoms with Gasteiger partial charge in [0.05, 0.1) is 32.1 Å². The molecule has 0 fully saturated rings. The number of urea groups is 1. The van der Waals surface area contributed by atoms with Gasteiger partial charge >= 0.3 is 6.03 Å². The van der Waals surface area contributed by atoms with Crippen LogP contribution < -0.4 is 19.7 Å². The highest BCUT2D eigenvalue weighted by Crippen LogP contribution is 2.30. The molecule has 2 heterocycles. The lowest BCUT2D eigenvalue weighted by Crippen LogP contribution is -2.40. The molecule has 8 nitrogen and oxygen atoms in total. The van der Waals surface area contributed by atoms with Crippen molar-refractivity contribution in [2.24, 2.45) is 0 Å². The van der Waals surface area contributed by atoms with Crippen molar-refractivity contribution in [3.05, 3.63) is 35.3 Å². The van der Waals surface area contributed by atoms with Crippen LogP contribution in [-0.4, -0.2) is 55.3 Å². The average Bonchev–Trinajstić information content (AvgIpc) is 2.72. The molecule has 3 rings (SSSR count). The molecular weight excluding hydrogens is 358 g/mol. The third kappa shape index (κ3) is 3.95. The first-order valence-electron chi connectivity index (χ1n) is 9.32. The molecule has 1 aromatic carbocycles. The number of hydrogen-bond donors (Lipinski definition) is 1. The van der Waals surface area contributed by atoms with Crippen LogP contribution in [0.5, 0.6) is 11.5 Å². The smallest absolute Gasteiger partial charge is 0.322 e. The minimum absolute atomic E-state index is 0.181. The predicted molar refractivity (Wildman–Crippen MR) is 108 cm³/mol. The standard InChI is InChI=1S/C20H27N5O3/c1-6-24(3)19-15-12-25(10-9-16(15)21-13(2)22-19)20(26)23-17-8-7-14(27-4)11-18(17)28-5/h7-8,11H,6,9-10,12H2,1-5H3,(H,23,26). The van der Waals surface area contributed by atoms with E-state index in [9.17, 15) is 4.79 Å². The Labute approximate surface area is 165 Å². The van der Waals surface area contributed by atoms with Gasteiger partial charge in [-0.1, -0.05) is 0 Å². The number of rotatable bonds is 5. The van der Waals surface area contributed by atoms with Gasteiger partial charge in [0.15, 0.2) is 0 Å². The van der Waals surface area contributed by atoms with Crippen molar-refractivity contribution in [2.45, 2.75) is 26.8 Å². The molecule has 8 heteroatoms. The number of anilines is 2. The van der Waals surface area contributed by atoms with Crippen LogP contribution in [0.15, 0.2) is 18.2 Å². The largest absolute Gasteiger partial charge is 0.497 e. The molecule has 1 N–H and O–H groups in total. The third-order valence-corrected chi connectivity index (χ3v) is 4.92. The number of carbonyl (C=O) groups is 1. The zero-order chi connectivity index (χ0) is 20.3. The van der Waals surface area contributed by atoms with Gasteiger partial charge in [-0.2, -0.15) is 0 Å². The van der Waals surface area contributed by atoms with Crippen molar-refractivity contribution in [1.82, 2.24) is 14.9 Å². The lowest BCUT2D eigenvalue weighted by Gasteiger charge is -2.31. The Bertz CT molecular complexity index is 871. The van der Waals surface area contributed by atoms with Crippen molar-refractivity contribution < 1.29 is 14.3 Å². The van der Waals surface area contributed by atoms with Gasteiger partial charge in [0, 0.05) is 38.2 Å². The molecule has 2 amide bonds. The Morgan fingerprint density at radius 3 is 2.75 bits per heavy atom. The predicted octanol–water partition coefficient (Wildman–Crippen LogP) is 2.85. The van der Waals surface area contributed by atoms with Crippen molar-refractivity contribution in [3.63, 3.8) is 0 Å². The fourth-order valence-corrected chi connectivity index (χ4v) is 3.25. The number of benzene rings is 1. The van der Waals surface area contributed by atoms with E-state index in [1.165, 1.54) is 0 Å². The molecular formula is C20H27N5O3. The number of nitrogens with one attached hydrogen (secondary N) is 1. The number of methoxy groups -OCH3 is 2. The zero-order valence-corrected chi connectivity index (χ0v) is 17.1. The summed E-state index contributed by atoms with van der Waals surface area (Å²) in [5.41, 5.74) is 2.64. The molecule has 0 radical (unpaired) electrons. The summed E-state index contributed by atoms with van der Waals surface area (Å²) in [6, 6.07) is 5.12. The fraction of sp³-hybridized carbons (Fsp3) is 0.450. The molecule has 0 aliphatic carbocycles. The molecule has 2 aromatic rings. The summed E-state index contributed by atoms with van der Waals surface area (Å²) in [5.74, 6) is 2.87. The quantitative estimate of drug-likeness (QED) is 0.853. The third-order valence-electron chi connectivity index (χ3n) is 4.92. The molecule has 28 heavy (non-hydrogen) atoms. The lowest BCUT2D eigenvalue weighted by molar-refractivity contribution is 0.205. The van der Waals surface area contributed by atoms with E-state index >= 15 is 0 Å². The van der Waals surface area contributed by atoms with Gasteiger partial charge in [0.2, 0.25) is 0 Å². The van der Waals surface area contributed by atoms with Crippen LogP contribution >= 0.6 is 0 Å². The van der Waals surface area contributed by atoms with Gasteiger partial charge < -0.3 is 24.6 Å². The molecule has 1 aliphatic rings. The summed E-state index contributed by atoms with van der Waals surface area (Å²) < 4.78 is 10.6. The highest BCUT2D eigenvalue weighted by molar-refractivity contribution is 5.91. The van der Waals surface area contributed by atoms with Gasteiger partial charge in [-0.15, -0.1) is 0 Å². The molecule has 0 saturated carbocycles. The van der Waals surface area contributed by atoms with Crippen molar-refractivity contribution >= 4 is 17.5 Å². The van der Waals surface area contributed by atoms with Crippen molar-refractivity contribution in [3.8, 4) is 11.5 Å². The van der Waals surface area contributed by atoms with Crippen LogP contribution in [0.1, 0.15) is 24.0 Å². The van der Waals surface area contributed by atoms with E-state index in [4.69, 9.17) is 9.47 Å². The van der Waals surface area contributed by atoms with Crippen LogP contribution in [0, 0.1) is 6.92 Å². The lowest BCUT2D eigenvalue weighted by atomic mass is 10.1. The second-order valence-electron chi connectivity index (χ2n) is 6.70. The normalized spacial score (nSPS) is 13.0. The minimum Gasteiger partial charge on any atom is -0.497 e. The van der Waals surface area contributed by atoms with E-state index in [0.717, 1.165) is 29.4 Å². The molecule has 0 saturated heterocycles.